The van der Waals surface area contributed by atoms with E-state index < -0.39 is 17.6 Å². The second-order valence-electron chi connectivity index (χ2n) is 9.80. The Hall–Kier alpha value is -4.40. The van der Waals surface area contributed by atoms with Crippen LogP contribution in [0.25, 0.3) is 6.08 Å². The molecule has 0 aliphatic rings. The SMILES string of the molecule is CCC(Sc1cccc(NC(=O)/C(=C\c2c(F)cccc2Cl)NC(=O)c2ccccc2)c1)C(=O)Nc1ccc(C)c(C)c1. The van der Waals surface area contributed by atoms with Gasteiger partial charge >= 0.3 is 0 Å². The van der Waals surface area contributed by atoms with E-state index in [4.69, 9.17) is 11.6 Å². The number of benzene rings is 4. The summed E-state index contributed by atoms with van der Waals surface area (Å²) in [5, 5.41) is 8.05. The highest BCUT2D eigenvalue weighted by molar-refractivity contribution is 8.00. The fraction of sp³-hybridized carbons (Fsp3) is 0.147. The Morgan fingerprint density at radius 1 is 0.860 bits per heavy atom. The van der Waals surface area contributed by atoms with Crippen molar-refractivity contribution < 1.29 is 18.8 Å². The van der Waals surface area contributed by atoms with Crippen molar-refractivity contribution in [3.8, 4) is 0 Å². The minimum atomic E-state index is -0.676. The van der Waals surface area contributed by atoms with Crippen molar-refractivity contribution >= 4 is 58.5 Å². The van der Waals surface area contributed by atoms with Crippen LogP contribution >= 0.6 is 23.4 Å². The highest BCUT2D eigenvalue weighted by Crippen LogP contribution is 2.29. The van der Waals surface area contributed by atoms with Crippen LogP contribution in [0.3, 0.4) is 0 Å². The quantitative estimate of drug-likeness (QED) is 0.125. The van der Waals surface area contributed by atoms with Crippen LogP contribution in [-0.4, -0.2) is 23.0 Å². The molecule has 0 saturated heterocycles. The number of hydrogen-bond acceptors (Lipinski definition) is 4. The van der Waals surface area contributed by atoms with Crippen LogP contribution in [0.15, 0.2) is 102 Å². The van der Waals surface area contributed by atoms with Crippen molar-refractivity contribution in [2.75, 3.05) is 10.6 Å². The summed E-state index contributed by atoms with van der Waals surface area (Å²) < 4.78 is 14.6. The number of aryl methyl sites for hydroxylation is 2. The number of nitrogens with one attached hydrogen (secondary N) is 3. The highest BCUT2D eigenvalue weighted by atomic mass is 35.5. The standard InChI is InChI=1S/C34H31ClFN3O3S/c1-4-31(34(42)38-25-17-16-21(2)22(3)18-25)43-26-13-8-12-24(19-26)37-33(41)30(20-27-28(35)14-9-15-29(27)36)39-32(40)23-10-6-5-7-11-23/h5-20,31H,4H2,1-3H3,(H,37,41)(H,38,42)(H,39,40)/b30-20+. The van der Waals surface area contributed by atoms with E-state index in [1.807, 2.05) is 45.0 Å². The Balaban J connectivity index is 1.53. The number of thioether (sulfide) groups is 1. The van der Waals surface area contributed by atoms with E-state index in [-0.39, 0.29) is 27.4 Å². The van der Waals surface area contributed by atoms with E-state index in [1.165, 1.54) is 36.0 Å². The first kappa shape index (κ1) is 31.5. The molecule has 0 aliphatic carbocycles. The van der Waals surface area contributed by atoms with Crippen LogP contribution in [0.4, 0.5) is 15.8 Å². The Kier molecular flexibility index (Phi) is 10.8. The van der Waals surface area contributed by atoms with Crippen molar-refractivity contribution in [3.05, 3.63) is 130 Å². The molecule has 6 nitrogen and oxygen atoms in total. The second kappa shape index (κ2) is 14.7. The normalized spacial score (nSPS) is 11.9. The number of halogens is 2. The maximum Gasteiger partial charge on any atom is 0.272 e. The number of amides is 3. The lowest BCUT2D eigenvalue weighted by atomic mass is 10.1. The first-order valence-electron chi connectivity index (χ1n) is 13.6. The smallest absolute Gasteiger partial charge is 0.272 e. The van der Waals surface area contributed by atoms with Gasteiger partial charge in [-0.1, -0.05) is 54.9 Å². The molecule has 4 aromatic carbocycles. The van der Waals surface area contributed by atoms with Gasteiger partial charge in [0.25, 0.3) is 11.8 Å². The van der Waals surface area contributed by atoms with Crippen molar-refractivity contribution in [2.24, 2.45) is 0 Å². The molecule has 43 heavy (non-hydrogen) atoms. The van der Waals surface area contributed by atoms with Gasteiger partial charge in [-0.25, -0.2) is 4.39 Å². The van der Waals surface area contributed by atoms with Crippen LogP contribution in [-0.2, 0) is 9.59 Å². The van der Waals surface area contributed by atoms with E-state index in [0.29, 0.717) is 17.7 Å². The van der Waals surface area contributed by atoms with Gasteiger partial charge in [0, 0.05) is 27.4 Å². The summed E-state index contributed by atoms with van der Waals surface area (Å²) in [5.41, 5.74) is 3.49. The van der Waals surface area contributed by atoms with Crippen LogP contribution in [0.1, 0.15) is 40.4 Å². The summed E-state index contributed by atoms with van der Waals surface area (Å²) in [6.07, 6.45) is 1.79. The molecule has 0 fully saturated rings. The lowest BCUT2D eigenvalue weighted by molar-refractivity contribution is -0.116. The molecule has 1 atom stereocenters. The van der Waals surface area contributed by atoms with Gasteiger partial charge in [-0.3, -0.25) is 14.4 Å². The summed E-state index contributed by atoms with van der Waals surface area (Å²) >= 11 is 7.57. The molecule has 0 aromatic heterocycles. The number of hydrogen-bond donors (Lipinski definition) is 3. The van der Waals surface area contributed by atoms with Gasteiger partial charge in [0.2, 0.25) is 5.91 Å². The summed E-state index contributed by atoms with van der Waals surface area (Å²) in [5.74, 6) is -1.99. The predicted octanol–water partition coefficient (Wildman–Crippen LogP) is 8.01. The predicted molar refractivity (Wildman–Crippen MR) is 173 cm³/mol. The topological polar surface area (TPSA) is 87.3 Å². The molecule has 220 valence electrons. The zero-order chi connectivity index (χ0) is 30.9. The third-order valence-electron chi connectivity index (χ3n) is 6.63. The Bertz CT molecular complexity index is 1660. The average Bonchev–Trinajstić information content (AvgIpc) is 2.99. The van der Waals surface area contributed by atoms with E-state index in [0.717, 1.165) is 21.7 Å². The highest BCUT2D eigenvalue weighted by Gasteiger charge is 2.20. The van der Waals surface area contributed by atoms with Crippen molar-refractivity contribution in [2.45, 2.75) is 37.3 Å². The van der Waals surface area contributed by atoms with Crippen molar-refractivity contribution in [3.63, 3.8) is 0 Å². The largest absolute Gasteiger partial charge is 0.325 e. The molecule has 4 rings (SSSR count). The third-order valence-corrected chi connectivity index (χ3v) is 8.31. The molecular formula is C34H31ClFN3O3S. The van der Waals surface area contributed by atoms with Gasteiger partial charge in [-0.15, -0.1) is 11.8 Å². The minimum absolute atomic E-state index is 0.0347. The molecule has 3 N–H and O–H groups in total. The molecule has 0 heterocycles. The summed E-state index contributed by atoms with van der Waals surface area (Å²) in [6.45, 7) is 5.95. The van der Waals surface area contributed by atoms with Crippen LogP contribution in [0.5, 0.6) is 0 Å². The summed E-state index contributed by atoms with van der Waals surface area (Å²) in [4.78, 5) is 40.2. The van der Waals surface area contributed by atoms with Gasteiger partial charge in [-0.05, 0) is 92.1 Å². The number of rotatable bonds is 10. The van der Waals surface area contributed by atoms with Crippen LogP contribution in [0.2, 0.25) is 5.02 Å². The molecule has 1 unspecified atom stereocenters. The van der Waals surface area contributed by atoms with E-state index in [2.05, 4.69) is 16.0 Å². The number of anilines is 2. The molecule has 0 aliphatic heterocycles. The van der Waals surface area contributed by atoms with Gasteiger partial charge in [0.1, 0.15) is 11.5 Å². The molecule has 4 aromatic rings. The van der Waals surface area contributed by atoms with Crippen molar-refractivity contribution in [1.29, 1.82) is 0 Å². The lowest BCUT2D eigenvalue weighted by Crippen LogP contribution is -2.30. The lowest BCUT2D eigenvalue weighted by Gasteiger charge is -2.16. The molecule has 3 amide bonds. The number of carbonyl (C=O) groups is 3. The maximum absolute atomic E-state index is 14.6. The third kappa shape index (κ3) is 8.56. The van der Waals surface area contributed by atoms with Gasteiger partial charge in [0.05, 0.1) is 10.3 Å². The maximum atomic E-state index is 14.6. The Morgan fingerprint density at radius 2 is 1.58 bits per heavy atom. The van der Waals surface area contributed by atoms with Gasteiger partial charge in [-0.2, -0.15) is 0 Å². The van der Waals surface area contributed by atoms with Gasteiger partial charge < -0.3 is 16.0 Å². The van der Waals surface area contributed by atoms with Crippen molar-refractivity contribution in [1.82, 2.24) is 5.32 Å². The van der Waals surface area contributed by atoms with Crippen LogP contribution < -0.4 is 16.0 Å². The summed E-state index contributed by atoms with van der Waals surface area (Å²) in [7, 11) is 0. The van der Waals surface area contributed by atoms with E-state index in [9.17, 15) is 18.8 Å². The fourth-order valence-electron chi connectivity index (χ4n) is 4.11. The first-order chi connectivity index (χ1) is 20.6. The number of carbonyl (C=O) groups excluding carboxylic acids is 3. The van der Waals surface area contributed by atoms with Crippen LogP contribution in [0, 0.1) is 19.7 Å². The van der Waals surface area contributed by atoms with E-state index >= 15 is 0 Å². The molecule has 0 bridgehead atoms. The Morgan fingerprint density at radius 3 is 2.28 bits per heavy atom. The molecule has 0 radical (unpaired) electrons. The molecular weight excluding hydrogens is 585 g/mol. The second-order valence-corrected chi connectivity index (χ2v) is 11.5. The summed E-state index contributed by atoms with van der Waals surface area (Å²) in [6, 6.07) is 25.3. The average molecular weight is 616 g/mol. The van der Waals surface area contributed by atoms with Gasteiger partial charge in [0.15, 0.2) is 0 Å². The minimum Gasteiger partial charge on any atom is -0.325 e. The molecule has 0 spiro atoms. The fourth-order valence-corrected chi connectivity index (χ4v) is 5.34. The Labute approximate surface area is 259 Å². The first-order valence-corrected chi connectivity index (χ1v) is 14.9. The zero-order valence-corrected chi connectivity index (χ0v) is 25.5. The monoisotopic (exact) mass is 615 g/mol. The van der Waals surface area contributed by atoms with E-state index in [1.54, 1.807) is 48.5 Å². The zero-order valence-electron chi connectivity index (χ0n) is 23.9. The molecule has 9 heteroatoms. The molecule has 0 saturated carbocycles.